The molecule has 0 saturated heterocycles. The van der Waals surface area contributed by atoms with Gasteiger partial charge in [0.15, 0.2) is 0 Å². The van der Waals surface area contributed by atoms with Gasteiger partial charge >= 0.3 is 0 Å². The second-order valence-corrected chi connectivity index (χ2v) is 6.83. The van der Waals surface area contributed by atoms with Gasteiger partial charge in [0, 0.05) is 12.1 Å². The van der Waals surface area contributed by atoms with Gasteiger partial charge in [-0.05, 0) is 47.7 Å². The van der Waals surface area contributed by atoms with Crippen LogP contribution >= 0.6 is 0 Å². The lowest BCUT2D eigenvalue weighted by molar-refractivity contribution is 0.405. The molecular weight excluding hydrogens is 289 g/mol. The lowest BCUT2D eigenvalue weighted by Gasteiger charge is -2.21. The molecule has 0 saturated carbocycles. The number of hydrogen-bond acceptors (Lipinski definition) is 2. The van der Waals surface area contributed by atoms with Gasteiger partial charge in [0.05, 0.1) is 7.11 Å². The number of benzene rings is 2. The zero-order valence-electron chi connectivity index (χ0n) is 14.4. The fraction of sp³-hybridized carbons (Fsp3) is 0.400. The molecule has 2 aromatic carbocycles. The molecule has 0 atom stereocenters. The topological polar surface area (TPSA) is 21.3 Å². The van der Waals surface area contributed by atoms with Gasteiger partial charge < -0.3 is 10.1 Å². The summed E-state index contributed by atoms with van der Waals surface area (Å²) in [6, 6.07) is 13.1. The first-order chi connectivity index (χ1) is 10.9. The number of hydrogen-bond donors (Lipinski definition) is 1. The van der Waals surface area contributed by atoms with Crippen molar-refractivity contribution in [1.82, 2.24) is 5.32 Å². The Morgan fingerprint density at radius 3 is 2.35 bits per heavy atom. The summed E-state index contributed by atoms with van der Waals surface area (Å²) in [5.74, 6) is 0.733. The Bertz CT molecular complexity index is 629. The van der Waals surface area contributed by atoms with Gasteiger partial charge in [0.2, 0.25) is 0 Å². The van der Waals surface area contributed by atoms with Crippen LogP contribution in [0, 0.1) is 5.82 Å². The molecule has 0 amide bonds. The van der Waals surface area contributed by atoms with Gasteiger partial charge in [0.25, 0.3) is 0 Å². The smallest absolute Gasteiger partial charge is 0.123 e. The minimum absolute atomic E-state index is 0.113. The standard InChI is InChI=1S/C20H26FNO/c1-20(2,3)17-8-7-16(19(13-17)23-4)14-22-12-11-15-5-9-18(21)10-6-15/h5-10,13,22H,11-12,14H2,1-4H3. The Morgan fingerprint density at radius 2 is 1.74 bits per heavy atom. The molecular formula is C20H26FNO. The lowest BCUT2D eigenvalue weighted by atomic mass is 9.86. The van der Waals surface area contributed by atoms with E-state index >= 15 is 0 Å². The molecule has 124 valence electrons. The zero-order chi connectivity index (χ0) is 16.9. The Hall–Kier alpha value is -1.87. The van der Waals surface area contributed by atoms with Crippen LogP contribution in [0.15, 0.2) is 42.5 Å². The van der Waals surface area contributed by atoms with Crippen molar-refractivity contribution in [2.45, 2.75) is 39.2 Å². The van der Waals surface area contributed by atoms with Crippen molar-refractivity contribution >= 4 is 0 Å². The van der Waals surface area contributed by atoms with Crippen LogP contribution < -0.4 is 10.1 Å². The first-order valence-electron chi connectivity index (χ1n) is 8.02. The van der Waals surface area contributed by atoms with E-state index in [0.29, 0.717) is 0 Å². The van der Waals surface area contributed by atoms with Gasteiger partial charge in [0.1, 0.15) is 11.6 Å². The van der Waals surface area contributed by atoms with Crippen LogP contribution in [0.3, 0.4) is 0 Å². The maximum atomic E-state index is 12.9. The molecule has 0 radical (unpaired) electrons. The van der Waals surface area contributed by atoms with E-state index in [-0.39, 0.29) is 11.2 Å². The molecule has 1 N–H and O–H groups in total. The molecule has 2 rings (SSSR count). The minimum atomic E-state index is -0.189. The van der Waals surface area contributed by atoms with Crippen LogP contribution in [0.25, 0.3) is 0 Å². The van der Waals surface area contributed by atoms with E-state index in [4.69, 9.17) is 4.74 Å². The predicted octanol–water partition coefficient (Wildman–Crippen LogP) is 4.46. The molecule has 0 aliphatic heterocycles. The van der Waals surface area contributed by atoms with Crippen molar-refractivity contribution in [3.63, 3.8) is 0 Å². The highest BCUT2D eigenvalue weighted by Gasteiger charge is 2.15. The van der Waals surface area contributed by atoms with E-state index in [0.717, 1.165) is 36.4 Å². The fourth-order valence-electron chi connectivity index (χ4n) is 2.46. The molecule has 0 aliphatic rings. The summed E-state index contributed by atoms with van der Waals surface area (Å²) in [6.07, 6.45) is 0.878. The van der Waals surface area contributed by atoms with Crippen LogP contribution in [0.5, 0.6) is 5.75 Å². The Kier molecular flexibility index (Phi) is 5.78. The average molecular weight is 315 g/mol. The Morgan fingerprint density at radius 1 is 1.04 bits per heavy atom. The van der Waals surface area contributed by atoms with Gasteiger partial charge in [-0.1, -0.05) is 45.0 Å². The molecule has 0 fully saturated rings. The van der Waals surface area contributed by atoms with Crippen LogP contribution in [0.2, 0.25) is 0 Å². The molecule has 0 heterocycles. The quantitative estimate of drug-likeness (QED) is 0.794. The highest BCUT2D eigenvalue weighted by molar-refractivity contribution is 5.40. The van der Waals surface area contributed by atoms with Gasteiger partial charge in [-0.15, -0.1) is 0 Å². The van der Waals surface area contributed by atoms with Crippen molar-refractivity contribution < 1.29 is 9.13 Å². The summed E-state index contributed by atoms with van der Waals surface area (Å²) < 4.78 is 18.4. The maximum absolute atomic E-state index is 12.9. The molecule has 0 bridgehead atoms. The number of nitrogens with one attached hydrogen (secondary N) is 1. The van der Waals surface area contributed by atoms with Crippen LogP contribution in [-0.2, 0) is 18.4 Å². The number of methoxy groups -OCH3 is 1. The second kappa shape index (κ2) is 7.60. The Labute approximate surface area is 138 Å². The summed E-state index contributed by atoms with van der Waals surface area (Å²) in [5, 5.41) is 3.42. The number of ether oxygens (including phenoxy) is 1. The van der Waals surface area contributed by atoms with E-state index in [1.165, 1.54) is 17.7 Å². The molecule has 0 spiro atoms. The van der Waals surface area contributed by atoms with Crippen molar-refractivity contribution in [2.24, 2.45) is 0 Å². The highest BCUT2D eigenvalue weighted by atomic mass is 19.1. The third-order valence-corrected chi connectivity index (χ3v) is 3.97. The lowest BCUT2D eigenvalue weighted by Crippen LogP contribution is -2.18. The number of rotatable bonds is 6. The third kappa shape index (κ3) is 5.07. The summed E-state index contributed by atoms with van der Waals surface area (Å²) >= 11 is 0. The van der Waals surface area contributed by atoms with E-state index in [1.807, 2.05) is 12.1 Å². The fourth-order valence-corrected chi connectivity index (χ4v) is 2.46. The van der Waals surface area contributed by atoms with Crippen molar-refractivity contribution in [1.29, 1.82) is 0 Å². The summed E-state index contributed by atoms with van der Waals surface area (Å²) in [4.78, 5) is 0. The average Bonchev–Trinajstić information content (AvgIpc) is 2.52. The summed E-state index contributed by atoms with van der Waals surface area (Å²) in [6.45, 7) is 8.19. The van der Waals surface area contributed by atoms with Gasteiger partial charge in [-0.2, -0.15) is 0 Å². The van der Waals surface area contributed by atoms with Crippen LogP contribution in [-0.4, -0.2) is 13.7 Å². The third-order valence-electron chi connectivity index (χ3n) is 3.97. The maximum Gasteiger partial charge on any atom is 0.123 e. The van der Waals surface area contributed by atoms with Gasteiger partial charge in [-0.3, -0.25) is 0 Å². The molecule has 0 aromatic heterocycles. The molecule has 0 aliphatic carbocycles. The SMILES string of the molecule is COc1cc(C(C)(C)C)ccc1CNCCc1ccc(F)cc1. The number of halogens is 1. The van der Waals surface area contributed by atoms with E-state index in [2.05, 4.69) is 44.3 Å². The van der Waals surface area contributed by atoms with Crippen LogP contribution in [0.1, 0.15) is 37.5 Å². The summed E-state index contributed by atoms with van der Waals surface area (Å²) in [7, 11) is 1.71. The molecule has 0 unspecified atom stereocenters. The highest BCUT2D eigenvalue weighted by Crippen LogP contribution is 2.28. The van der Waals surface area contributed by atoms with E-state index < -0.39 is 0 Å². The molecule has 23 heavy (non-hydrogen) atoms. The van der Waals surface area contributed by atoms with E-state index in [1.54, 1.807) is 7.11 Å². The van der Waals surface area contributed by atoms with Gasteiger partial charge in [-0.25, -0.2) is 4.39 Å². The first-order valence-corrected chi connectivity index (χ1v) is 8.02. The van der Waals surface area contributed by atoms with Crippen LogP contribution in [0.4, 0.5) is 4.39 Å². The Balaban J connectivity index is 1.91. The van der Waals surface area contributed by atoms with Crippen molar-refractivity contribution in [3.8, 4) is 5.75 Å². The first kappa shape index (κ1) is 17.5. The summed E-state index contributed by atoms with van der Waals surface area (Å²) in [5.41, 5.74) is 3.67. The van der Waals surface area contributed by atoms with Crippen molar-refractivity contribution in [3.05, 3.63) is 65.0 Å². The monoisotopic (exact) mass is 315 g/mol. The van der Waals surface area contributed by atoms with Crippen molar-refractivity contribution in [2.75, 3.05) is 13.7 Å². The molecule has 2 nitrogen and oxygen atoms in total. The van der Waals surface area contributed by atoms with E-state index in [9.17, 15) is 4.39 Å². The predicted molar refractivity (Wildman–Crippen MR) is 93.5 cm³/mol. The second-order valence-electron chi connectivity index (χ2n) is 6.83. The largest absolute Gasteiger partial charge is 0.496 e. The molecule has 2 aromatic rings. The molecule has 3 heteroatoms. The zero-order valence-corrected chi connectivity index (χ0v) is 14.4. The normalized spacial score (nSPS) is 11.5. The minimum Gasteiger partial charge on any atom is -0.496 e.